The molecule has 2 nitrogen and oxygen atoms in total. The molecule has 18 heavy (non-hydrogen) atoms. The van der Waals surface area contributed by atoms with E-state index in [0.29, 0.717) is 0 Å². The minimum Gasteiger partial charge on any atom is -0.361 e. The maximum atomic E-state index is 4.04. The van der Waals surface area contributed by atoms with Crippen molar-refractivity contribution in [3.63, 3.8) is 0 Å². The molecule has 0 atom stereocenters. The molecule has 0 fully saturated rings. The molecule has 0 unspecified atom stereocenters. The molecular weight excluding hydrogens is 240 g/mol. The van der Waals surface area contributed by atoms with Crippen LogP contribution in [0.2, 0.25) is 0 Å². The maximum Gasteiger partial charge on any atom is 0.0622 e. The number of anilines is 3. The van der Waals surface area contributed by atoms with Gasteiger partial charge in [0.05, 0.1) is 17.1 Å². The van der Waals surface area contributed by atoms with Gasteiger partial charge < -0.3 is 10.2 Å². The first-order valence-corrected chi connectivity index (χ1v) is 6.99. The van der Waals surface area contributed by atoms with Crippen molar-refractivity contribution in [1.82, 2.24) is 0 Å². The standard InChI is InChI=1S/C15H16N2S/c1-11(2)7-17-8-12-9-18-10-14(12)16-13-5-3-4-6-15(13)17/h3-6,9-10,16H,1,7-8H2,2H3. The average molecular weight is 256 g/mol. The van der Waals surface area contributed by atoms with Gasteiger partial charge in [-0.2, -0.15) is 0 Å². The van der Waals surface area contributed by atoms with Gasteiger partial charge >= 0.3 is 0 Å². The predicted octanol–water partition coefficient (Wildman–Crippen LogP) is 4.39. The van der Waals surface area contributed by atoms with E-state index in [4.69, 9.17) is 0 Å². The number of hydrogen-bond donors (Lipinski definition) is 1. The summed E-state index contributed by atoms with van der Waals surface area (Å²) in [4.78, 5) is 2.38. The molecule has 92 valence electrons. The van der Waals surface area contributed by atoms with Crippen molar-refractivity contribution >= 4 is 28.4 Å². The quantitative estimate of drug-likeness (QED) is 0.802. The van der Waals surface area contributed by atoms with E-state index in [1.54, 1.807) is 11.3 Å². The zero-order chi connectivity index (χ0) is 12.5. The molecule has 3 rings (SSSR count). The van der Waals surface area contributed by atoms with Crippen LogP contribution in [0.1, 0.15) is 12.5 Å². The second-order valence-corrected chi connectivity index (χ2v) is 5.51. The second kappa shape index (κ2) is 4.50. The third-order valence-electron chi connectivity index (χ3n) is 3.08. The highest BCUT2D eigenvalue weighted by Gasteiger charge is 2.18. The van der Waals surface area contributed by atoms with E-state index < -0.39 is 0 Å². The monoisotopic (exact) mass is 256 g/mol. The van der Waals surface area contributed by atoms with Crippen LogP contribution >= 0.6 is 11.3 Å². The van der Waals surface area contributed by atoms with E-state index in [1.807, 2.05) is 0 Å². The first-order valence-electron chi connectivity index (χ1n) is 6.04. The van der Waals surface area contributed by atoms with Gasteiger partial charge in [0.2, 0.25) is 0 Å². The minimum absolute atomic E-state index is 0.897. The van der Waals surface area contributed by atoms with Gasteiger partial charge in [0.15, 0.2) is 0 Å². The number of rotatable bonds is 2. The fourth-order valence-corrected chi connectivity index (χ4v) is 3.09. The van der Waals surface area contributed by atoms with Crippen molar-refractivity contribution in [3.05, 3.63) is 52.7 Å². The average Bonchev–Trinajstić information content (AvgIpc) is 2.70. The summed E-state index contributed by atoms with van der Waals surface area (Å²) in [7, 11) is 0. The Balaban J connectivity index is 2.06. The summed E-state index contributed by atoms with van der Waals surface area (Å²) in [5.74, 6) is 0. The molecular formula is C15H16N2S. The van der Waals surface area contributed by atoms with Crippen LogP contribution in [-0.2, 0) is 6.54 Å². The summed E-state index contributed by atoms with van der Waals surface area (Å²) in [6.45, 7) is 7.95. The first kappa shape index (κ1) is 11.4. The van der Waals surface area contributed by atoms with Crippen LogP contribution in [0.15, 0.2) is 47.2 Å². The van der Waals surface area contributed by atoms with Crippen LogP contribution in [0.25, 0.3) is 0 Å². The molecule has 0 radical (unpaired) electrons. The molecule has 1 aliphatic rings. The highest BCUT2D eigenvalue weighted by Crippen LogP contribution is 2.37. The highest BCUT2D eigenvalue weighted by atomic mass is 32.1. The fourth-order valence-electron chi connectivity index (χ4n) is 2.31. The third-order valence-corrected chi connectivity index (χ3v) is 3.87. The molecule has 3 heteroatoms. The molecule has 1 aliphatic heterocycles. The Hall–Kier alpha value is -1.74. The number of nitrogens with one attached hydrogen (secondary N) is 1. The molecule has 0 saturated carbocycles. The van der Waals surface area contributed by atoms with E-state index in [2.05, 4.69) is 58.7 Å². The minimum atomic E-state index is 0.897. The summed E-state index contributed by atoms with van der Waals surface area (Å²) in [6, 6.07) is 8.46. The van der Waals surface area contributed by atoms with Crippen molar-refractivity contribution in [2.45, 2.75) is 13.5 Å². The molecule has 1 N–H and O–H groups in total. The van der Waals surface area contributed by atoms with E-state index in [9.17, 15) is 0 Å². The lowest BCUT2D eigenvalue weighted by Crippen LogP contribution is -2.23. The Morgan fingerprint density at radius 3 is 3.00 bits per heavy atom. The van der Waals surface area contributed by atoms with Crippen molar-refractivity contribution in [3.8, 4) is 0 Å². The maximum absolute atomic E-state index is 4.04. The zero-order valence-electron chi connectivity index (χ0n) is 10.4. The normalized spacial score (nSPS) is 13.3. The summed E-state index contributed by atoms with van der Waals surface area (Å²) in [6.07, 6.45) is 0. The summed E-state index contributed by atoms with van der Waals surface area (Å²) in [5, 5.41) is 7.92. The van der Waals surface area contributed by atoms with Gasteiger partial charge in [-0.1, -0.05) is 24.3 Å². The van der Waals surface area contributed by atoms with Gasteiger partial charge in [0.1, 0.15) is 0 Å². The lowest BCUT2D eigenvalue weighted by atomic mass is 10.2. The number of benzene rings is 1. The molecule has 2 heterocycles. The summed E-state index contributed by atoms with van der Waals surface area (Å²) >= 11 is 1.75. The number of thiophene rings is 1. The van der Waals surface area contributed by atoms with Crippen molar-refractivity contribution in [1.29, 1.82) is 0 Å². The third kappa shape index (κ3) is 2.02. The van der Waals surface area contributed by atoms with Gasteiger partial charge in [0.25, 0.3) is 0 Å². The van der Waals surface area contributed by atoms with Gasteiger partial charge in [-0.3, -0.25) is 0 Å². The van der Waals surface area contributed by atoms with E-state index in [1.165, 1.54) is 28.2 Å². The smallest absolute Gasteiger partial charge is 0.0622 e. The molecule has 1 aromatic heterocycles. The summed E-state index contributed by atoms with van der Waals surface area (Å²) in [5.41, 5.74) is 6.20. The van der Waals surface area contributed by atoms with Crippen molar-refractivity contribution in [2.75, 3.05) is 16.8 Å². The van der Waals surface area contributed by atoms with Crippen LogP contribution in [0, 0.1) is 0 Å². The SMILES string of the molecule is C=C(C)CN1Cc2cscc2Nc2ccccc21. The molecule has 2 aromatic rings. The Bertz CT molecular complexity index is 586. The fraction of sp³-hybridized carbons (Fsp3) is 0.200. The second-order valence-electron chi connectivity index (χ2n) is 4.77. The molecule has 1 aromatic carbocycles. The first-order chi connectivity index (χ1) is 8.74. The molecule has 0 spiro atoms. The van der Waals surface area contributed by atoms with Gasteiger partial charge in [-0.05, 0) is 24.4 Å². The Morgan fingerprint density at radius 2 is 2.17 bits per heavy atom. The number of nitrogens with zero attached hydrogens (tertiary/aromatic N) is 1. The van der Waals surface area contributed by atoms with Crippen LogP contribution in [-0.4, -0.2) is 6.54 Å². The van der Waals surface area contributed by atoms with Gasteiger partial charge in [0, 0.05) is 24.0 Å². The van der Waals surface area contributed by atoms with E-state index in [-0.39, 0.29) is 0 Å². The van der Waals surface area contributed by atoms with Crippen LogP contribution in [0.4, 0.5) is 17.1 Å². The van der Waals surface area contributed by atoms with Crippen LogP contribution in [0.3, 0.4) is 0 Å². The van der Waals surface area contributed by atoms with Crippen LogP contribution in [0.5, 0.6) is 0 Å². The number of para-hydroxylation sites is 2. The van der Waals surface area contributed by atoms with Crippen molar-refractivity contribution in [2.24, 2.45) is 0 Å². The lowest BCUT2D eigenvalue weighted by molar-refractivity contribution is 0.856. The Labute approximate surface area is 112 Å². The van der Waals surface area contributed by atoms with Crippen molar-refractivity contribution < 1.29 is 0 Å². The molecule has 0 amide bonds. The molecule has 0 bridgehead atoms. The molecule has 0 aliphatic carbocycles. The zero-order valence-corrected chi connectivity index (χ0v) is 11.3. The largest absolute Gasteiger partial charge is 0.361 e. The molecule has 0 saturated heterocycles. The summed E-state index contributed by atoms with van der Waals surface area (Å²) < 4.78 is 0. The Kier molecular flexibility index (Phi) is 2.84. The van der Waals surface area contributed by atoms with Gasteiger partial charge in [-0.25, -0.2) is 0 Å². The van der Waals surface area contributed by atoms with E-state index >= 15 is 0 Å². The number of hydrogen-bond acceptors (Lipinski definition) is 3. The van der Waals surface area contributed by atoms with E-state index in [0.717, 1.165) is 13.1 Å². The van der Waals surface area contributed by atoms with Crippen LogP contribution < -0.4 is 10.2 Å². The van der Waals surface area contributed by atoms with Gasteiger partial charge in [-0.15, -0.1) is 11.3 Å². The lowest BCUT2D eigenvalue weighted by Gasteiger charge is -2.24. The predicted molar refractivity (Wildman–Crippen MR) is 79.9 cm³/mol. The topological polar surface area (TPSA) is 15.3 Å². The number of fused-ring (bicyclic) bond motifs is 2. The Morgan fingerprint density at radius 1 is 1.33 bits per heavy atom. The highest BCUT2D eigenvalue weighted by molar-refractivity contribution is 7.08.